The zero-order valence-electron chi connectivity index (χ0n) is 13.7. The van der Waals surface area contributed by atoms with Crippen molar-refractivity contribution in [3.63, 3.8) is 0 Å². The third-order valence-electron chi connectivity index (χ3n) is 3.85. The minimum absolute atomic E-state index is 0.102. The number of hydrogen-bond donors (Lipinski definition) is 1. The lowest BCUT2D eigenvalue weighted by Crippen LogP contribution is -2.29. The highest BCUT2D eigenvalue weighted by molar-refractivity contribution is 5.93. The van der Waals surface area contributed by atoms with Gasteiger partial charge in [-0.15, -0.1) is 0 Å². The zero-order valence-corrected chi connectivity index (χ0v) is 13.7. The summed E-state index contributed by atoms with van der Waals surface area (Å²) < 4.78 is 1.46. The van der Waals surface area contributed by atoms with E-state index in [9.17, 15) is 4.79 Å². The SMILES string of the molecule is Cc1ccc([C@H](C)NC(=O)c2cc(C)nc3ncnn23)c(C)c1. The Morgan fingerprint density at radius 3 is 2.74 bits per heavy atom. The number of benzene rings is 1. The van der Waals surface area contributed by atoms with Crippen molar-refractivity contribution in [3.05, 3.63) is 58.7 Å². The fourth-order valence-corrected chi connectivity index (χ4v) is 2.75. The lowest BCUT2D eigenvalue weighted by atomic mass is 10.0. The standard InChI is InChI=1S/C17H19N5O/c1-10-5-6-14(11(2)7-10)13(4)21-16(23)15-8-12(3)20-17-18-9-19-22(15)17/h5-9,13H,1-4H3,(H,21,23)/t13-/m0/s1. The van der Waals surface area contributed by atoms with E-state index in [-0.39, 0.29) is 11.9 Å². The van der Waals surface area contributed by atoms with Crippen LogP contribution in [0.25, 0.3) is 5.78 Å². The van der Waals surface area contributed by atoms with E-state index in [4.69, 9.17) is 0 Å². The molecule has 1 aromatic carbocycles. The number of aromatic nitrogens is 4. The summed E-state index contributed by atoms with van der Waals surface area (Å²) in [5.74, 6) is 0.229. The van der Waals surface area contributed by atoms with Gasteiger partial charge in [0.25, 0.3) is 11.7 Å². The maximum atomic E-state index is 12.6. The number of aryl methyl sites for hydroxylation is 3. The lowest BCUT2D eigenvalue weighted by Gasteiger charge is -2.17. The van der Waals surface area contributed by atoms with Crippen molar-refractivity contribution in [3.8, 4) is 0 Å². The third-order valence-corrected chi connectivity index (χ3v) is 3.85. The molecule has 1 N–H and O–H groups in total. The van der Waals surface area contributed by atoms with Gasteiger partial charge < -0.3 is 5.32 Å². The van der Waals surface area contributed by atoms with Gasteiger partial charge in [0.2, 0.25) is 0 Å². The molecule has 0 aliphatic rings. The number of amides is 1. The molecule has 3 aromatic rings. The van der Waals surface area contributed by atoms with Crippen LogP contribution >= 0.6 is 0 Å². The number of nitrogens with zero attached hydrogens (tertiary/aromatic N) is 4. The van der Waals surface area contributed by atoms with Crippen LogP contribution in [0.5, 0.6) is 0 Å². The molecule has 0 radical (unpaired) electrons. The number of fused-ring (bicyclic) bond motifs is 1. The molecule has 3 rings (SSSR count). The second kappa shape index (κ2) is 5.79. The van der Waals surface area contributed by atoms with E-state index in [2.05, 4.69) is 52.4 Å². The van der Waals surface area contributed by atoms with Crippen molar-refractivity contribution < 1.29 is 4.79 Å². The van der Waals surface area contributed by atoms with Crippen LogP contribution in [-0.4, -0.2) is 25.5 Å². The van der Waals surface area contributed by atoms with Gasteiger partial charge in [0.05, 0.1) is 6.04 Å². The van der Waals surface area contributed by atoms with Crippen LogP contribution in [0.3, 0.4) is 0 Å². The summed E-state index contributed by atoms with van der Waals surface area (Å²) in [5, 5.41) is 7.10. The summed E-state index contributed by atoms with van der Waals surface area (Å²) in [6, 6.07) is 7.83. The van der Waals surface area contributed by atoms with Crippen molar-refractivity contribution in [2.45, 2.75) is 33.7 Å². The Balaban J connectivity index is 1.89. The van der Waals surface area contributed by atoms with Crippen molar-refractivity contribution in [2.75, 3.05) is 0 Å². The molecule has 2 heterocycles. The smallest absolute Gasteiger partial charge is 0.270 e. The summed E-state index contributed by atoms with van der Waals surface area (Å²) in [7, 11) is 0. The highest BCUT2D eigenvalue weighted by Crippen LogP contribution is 2.19. The third kappa shape index (κ3) is 2.92. The molecule has 1 atom stereocenters. The summed E-state index contributed by atoms with van der Waals surface area (Å²) in [4.78, 5) is 20.9. The van der Waals surface area contributed by atoms with Crippen LogP contribution < -0.4 is 5.32 Å². The van der Waals surface area contributed by atoms with E-state index < -0.39 is 0 Å². The Bertz CT molecular complexity index is 884. The van der Waals surface area contributed by atoms with E-state index >= 15 is 0 Å². The highest BCUT2D eigenvalue weighted by atomic mass is 16.2. The molecule has 0 fully saturated rings. The summed E-state index contributed by atoms with van der Waals surface area (Å²) in [6.07, 6.45) is 1.39. The van der Waals surface area contributed by atoms with Crippen molar-refractivity contribution in [1.82, 2.24) is 24.9 Å². The fourth-order valence-electron chi connectivity index (χ4n) is 2.75. The van der Waals surface area contributed by atoms with Gasteiger partial charge in [0, 0.05) is 5.69 Å². The average Bonchev–Trinajstić information content (AvgIpc) is 2.93. The van der Waals surface area contributed by atoms with Crippen molar-refractivity contribution in [2.24, 2.45) is 0 Å². The topological polar surface area (TPSA) is 72.2 Å². The fraction of sp³-hybridized carbons (Fsp3) is 0.294. The average molecular weight is 309 g/mol. The molecular formula is C17H19N5O. The van der Waals surface area contributed by atoms with Crippen LogP contribution in [0.15, 0.2) is 30.6 Å². The molecule has 1 amide bonds. The Morgan fingerprint density at radius 2 is 2.00 bits per heavy atom. The molecule has 0 aliphatic carbocycles. The Morgan fingerprint density at radius 1 is 1.22 bits per heavy atom. The maximum Gasteiger partial charge on any atom is 0.270 e. The number of carbonyl (C=O) groups is 1. The van der Waals surface area contributed by atoms with Gasteiger partial charge >= 0.3 is 0 Å². The van der Waals surface area contributed by atoms with Crippen LogP contribution in [0.1, 0.15) is 45.8 Å². The maximum absolute atomic E-state index is 12.6. The predicted molar refractivity (Wildman–Crippen MR) is 87.3 cm³/mol. The number of nitrogens with one attached hydrogen (secondary N) is 1. The molecular weight excluding hydrogens is 290 g/mol. The predicted octanol–water partition coefficient (Wildman–Crippen LogP) is 2.54. The first-order chi connectivity index (χ1) is 11.0. The van der Waals surface area contributed by atoms with Crippen molar-refractivity contribution >= 4 is 11.7 Å². The normalized spacial score (nSPS) is 12.3. The largest absolute Gasteiger partial charge is 0.344 e. The number of carbonyl (C=O) groups excluding carboxylic acids is 1. The van der Waals surface area contributed by atoms with E-state index in [1.165, 1.54) is 16.4 Å². The molecule has 0 spiro atoms. The monoisotopic (exact) mass is 309 g/mol. The minimum atomic E-state index is -0.196. The second-order valence-electron chi connectivity index (χ2n) is 5.81. The summed E-state index contributed by atoms with van der Waals surface area (Å²) in [5.41, 5.74) is 4.63. The highest BCUT2D eigenvalue weighted by Gasteiger charge is 2.17. The first-order valence-corrected chi connectivity index (χ1v) is 7.51. The summed E-state index contributed by atoms with van der Waals surface area (Å²) in [6.45, 7) is 7.92. The minimum Gasteiger partial charge on any atom is -0.344 e. The Kier molecular flexibility index (Phi) is 3.82. The number of hydrogen-bond acceptors (Lipinski definition) is 4. The molecule has 2 aromatic heterocycles. The molecule has 0 aliphatic heterocycles. The van der Waals surface area contributed by atoms with Gasteiger partial charge in [-0.2, -0.15) is 14.6 Å². The van der Waals surface area contributed by atoms with Gasteiger partial charge in [-0.05, 0) is 44.9 Å². The van der Waals surface area contributed by atoms with Gasteiger partial charge in [-0.3, -0.25) is 4.79 Å². The number of rotatable bonds is 3. The molecule has 0 unspecified atom stereocenters. The van der Waals surface area contributed by atoms with Crippen LogP contribution in [0.2, 0.25) is 0 Å². The molecule has 0 saturated carbocycles. The second-order valence-corrected chi connectivity index (χ2v) is 5.81. The zero-order chi connectivity index (χ0) is 16.6. The van der Waals surface area contributed by atoms with Crippen molar-refractivity contribution in [1.29, 1.82) is 0 Å². The van der Waals surface area contributed by atoms with Gasteiger partial charge in [-0.25, -0.2) is 4.98 Å². The Labute approximate surface area is 134 Å². The molecule has 118 valence electrons. The van der Waals surface area contributed by atoms with Crippen LogP contribution in [0, 0.1) is 20.8 Å². The molecule has 0 bridgehead atoms. The first-order valence-electron chi connectivity index (χ1n) is 7.51. The molecule has 0 saturated heterocycles. The van der Waals surface area contributed by atoms with E-state index in [1.807, 2.05) is 13.8 Å². The van der Waals surface area contributed by atoms with Gasteiger partial charge in [-0.1, -0.05) is 23.8 Å². The van der Waals surface area contributed by atoms with E-state index in [0.29, 0.717) is 11.5 Å². The van der Waals surface area contributed by atoms with Crippen LogP contribution in [-0.2, 0) is 0 Å². The quantitative estimate of drug-likeness (QED) is 0.807. The lowest BCUT2D eigenvalue weighted by molar-refractivity contribution is 0.0932. The van der Waals surface area contributed by atoms with E-state index in [0.717, 1.165) is 16.8 Å². The van der Waals surface area contributed by atoms with Gasteiger partial charge in [0.15, 0.2) is 0 Å². The molecule has 6 nitrogen and oxygen atoms in total. The van der Waals surface area contributed by atoms with E-state index in [1.54, 1.807) is 6.07 Å². The summed E-state index contributed by atoms with van der Waals surface area (Å²) >= 11 is 0. The van der Waals surface area contributed by atoms with Crippen LogP contribution in [0.4, 0.5) is 0 Å². The molecule has 6 heteroatoms. The Hall–Kier alpha value is -2.76. The van der Waals surface area contributed by atoms with Gasteiger partial charge in [0.1, 0.15) is 12.0 Å². The first kappa shape index (κ1) is 15.1. The molecule has 23 heavy (non-hydrogen) atoms.